The molecule has 1 aliphatic carbocycles. The molecule has 0 heterocycles. The molecule has 3 N–H and O–H groups in total. The molecule has 1 fully saturated rings. The molecular weight excluding hydrogens is 204 g/mol. The summed E-state index contributed by atoms with van der Waals surface area (Å²) in [5.74, 6) is -0.295. The highest BCUT2D eigenvalue weighted by atomic mass is 16.5. The SMILES string of the molecule is CC(C)(C)OCCC(C)(NC1CC1)C(N)=O. The summed E-state index contributed by atoms with van der Waals surface area (Å²) in [5.41, 5.74) is 4.64. The molecule has 1 rings (SSSR count). The van der Waals surface area contributed by atoms with Gasteiger partial charge in [0, 0.05) is 12.6 Å². The van der Waals surface area contributed by atoms with Gasteiger partial charge in [-0.2, -0.15) is 0 Å². The van der Waals surface area contributed by atoms with Gasteiger partial charge in [0.1, 0.15) is 0 Å². The lowest BCUT2D eigenvalue weighted by Gasteiger charge is -2.29. The average Bonchev–Trinajstić information content (AvgIpc) is 2.85. The summed E-state index contributed by atoms with van der Waals surface area (Å²) in [6.45, 7) is 8.41. The molecule has 0 bridgehead atoms. The predicted molar refractivity (Wildman–Crippen MR) is 64.1 cm³/mol. The van der Waals surface area contributed by atoms with Crippen molar-refractivity contribution in [2.24, 2.45) is 5.73 Å². The summed E-state index contributed by atoms with van der Waals surface area (Å²) < 4.78 is 5.63. The van der Waals surface area contributed by atoms with Gasteiger partial charge in [-0.3, -0.25) is 4.79 Å². The maximum Gasteiger partial charge on any atom is 0.237 e. The molecule has 0 saturated heterocycles. The molecule has 4 nitrogen and oxygen atoms in total. The van der Waals surface area contributed by atoms with Gasteiger partial charge in [0.25, 0.3) is 0 Å². The molecular formula is C12H24N2O2. The van der Waals surface area contributed by atoms with Crippen molar-refractivity contribution in [3.63, 3.8) is 0 Å². The van der Waals surface area contributed by atoms with Gasteiger partial charge >= 0.3 is 0 Å². The second kappa shape index (κ2) is 4.72. The van der Waals surface area contributed by atoms with E-state index in [0.29, 0.717) is 19.1 Å². The Labute approximate surface area is 97.9 Å². The van der Waals surface area contributed by atoms with E-state index in [-0.39, 0.29) is 11.5 Å². The first-order valence-corrected chi connectivity index (χ1v) is 5.94. The number of primary amides is 1. The number of carbonyl (C=O) groups is 1. The average molecular weight is 228 g/mol. The van der Waals surface area contributed by atoms with E-state index in [1.807, 2.05) is 27.7 Å². The fraction of sp³-hybridized carbons (Fsp3) is 0.917. The van der Waals surface area contributed by atoms with E-state index >= 15 is 0 Å². The summed E-state index contributed by atoms with van der Waals surface area (Å²) in [5, 5.41) is 3.30. The van der Waals surface area contributed by atoms with Crippen LogP contribution < -0.4 is 11.1 Å². The summed E-state index contributed by atoms with van der Waals surface area (Å²) in [6, 6.07) is 0.465. The van der Waals surface area contributed by atoms with Crippen LogP contribution in [0.1, 0.15) is 47.0 Å². The Balaban J connectivity index is 2.41. The number of carbonyl (C=O) groups excluding carboxylic acids is 1. The number of rotatable bonds is 6. The quantitative estimate of drug-likeness (QED) is 0.717. The molecule has 0 aliphatic heterocycles. The molecule has 0 aromatic heterocycles. The molecule has 16 heavy (non-hydrogen) atoms. The monoisotopic (exact) mass is 228 g/mol. The highest BCUT2D eigenvalue weighted by Crippen LogP contribution is 2.24. The van der Waals surface area contributed by atoms with Crippen molar-refractivity contribution in [3.05, 3.63) is 0 Å². The van der Waals surface area contributed by atoms with Gasteiger partial charge in [-0.1, -0.05) is 0 Å². The number of hydrogen-bond acceptors (Lipinski definition) is 3. The lowest BCUT2D eigenvalue weighted by atomic mass is 9.97. The number of amides is 1. The van der Waals surface area contributed by atoms with E-state index in [1.54, 1.807) is 0 Å². The van der Waals surface area contributed by atoms with Crippen LogP contribution in [0, 0.1) is 0 Å². The maximum atomic E-state index is 11.4. The molecule has 0 radical (unpaired) electrons. The molecule has 1 aliphatic rings. The highest BCUT2D eigenvalue weighted by Gasteiger charge is 2.36. The minimum atomic E-state index is -0.633. The van der Waals surface area contributed by atoms with E-state index < -0.39 is 5.54 Å². The van der Waals surface area contributed by atoms with Crippen molar-refractivity contribution in [1.82, 2.24) is 5.32 Å². The van der Waals surface area contributed by atoms with Crippen molar-refractivity contribution in [2.75, 3.05) is 6.61 Å². The Bertz CT molecular complexity index is 256. The minimum Gasteiger partial charge on any atom is -0.376 e. The first-order valence-electron chi connectivity index (χ1n) is 5.94. The molecule has 1 atom stereocenters. The Kier molecular flexibility index (Phi) is 3.97. The molecule has 0 spiro atoms. The fourth-order valence-corrected chi connectivity index (χ4v) is 1.51. The first-order chi connectivity index (χ1) is 7.23. The minimum absolute atomic E-state index is 0.169. The van der Waals surface area contributed by atoms with Crippen LogP contribution in [0.3, 0.4) is 0 Å². The second-order valence-corrected chi connectivity index (χ2v) is 5.83. The molecule has 1 unspecified atom stereocenters. The molecule has 4 heteroatoms. The number of nitrogens with two attached hydrogens (primary N) is 1. The zero-order chi connectivity index (χ0) is 12.4. The van der Waals surface area contributed by atoms with Crippen LogP contribution in [0.5, 0.6) is 0 Å². The van der Waals surface area contributed by atoms with Crippen molar-refractivity contribution in [3.8, 4) is 0 Å². The van der Waals surface area contributed by atoms with Gasteiger partial charge in [-0.15, -0.1) is 0 Å². The lowest BCUT2D eigenvalue weighted by molar-refractivity contribution is -0.125. The predicted octanol–water partition coefficient (Wildman–Crippen LogP) is 1.19. The third-order valence-electron chi connectivity index (χ3n) is 2.78. The largest absolute Gasteiger partial charge is 0.376 e. The number of ether oxygens (including phenoxy) is 1. The Morgan fingerprint density at radius 1 is 1.38 bits per heavy atom. The van der Waals surface area contributed by atoms with Crippen LogP contribution in [0.25, 0.3) is 0 Å². The van der Waals surface area contributed by atoms with Crippen LogP contribution in [-0.2, 0) is 9.53 Å². The smallest absolute Gasteiger partial charge is 0.237 e. The first kappa shape index (κ1) is 13.5. The normalized spacial score (nSPS) is 20.5. The molecule has 1 amide bonds. The van der Waals surface area contributed by atoms with Gasteiger partial charge in [0.15, 0.2) is 0 Å². The molecule has 1 saturated carbocycles. The topological polar surface area (TPSA) is 64.3 Å². The van der Waals surface area contributed by atoms with Crippen molar-refractivity contribution in [2.45, 2.75) is 64.1 Å². The van der Waals surface area contributed by atoms with Gasteiger partial charge < -0.3 is 15.8 Å². The van der Waals surface area contributed by atoms with Gasteiger partial charge in [0.2, 0.25) is 5.91 Å². The van der Waals surface area contributed by atoms with Gasteiger partial charge in [-0.05, 0) is 47.0 Å². The van der Waals surface area contributed by atoms with Crippen molar-refractivity contribution >= 4 is 5.91 Å². The zero-order valence-corrected chi connectivity index (χ0v) is 10.8. The van der Waals surface area contributed by atoms with Crippen molar-refractivity contribution < 1.29 is 9.53 Å². The maximum absolute atomic E-state index is 11.4. The Morgan fingerprint density at radius 2 is 1.94 bits per heavy atom. The summed E-state index contributed by atoms with van der Waals surface area (Å²) in [6.07, 6.45) is 2.90. The van der Waals surface area contributed by atoms with Crippen molar-refractivity contribution in [1.29, 1.82) is 0 Å². The zero-order valence-electron chi connectivity index (χ0n) is 10.8. The van der Waals surface area contributed by atoms with E-state index in [4.69, 9.17) is 10.5 Å². The van der Waals surface area contributed by atoms with E-state index in [2.05, 4.69) is 5.32 Å². The lowest BCUT2D eigenvalue weighted by Crippen LogP contribution is -2.54. The Hall–Kier alpha value is -0.610. The molecule has 0 aromatic rings. The third-order valence-corrected chi connectivity index (χ3v) is 2.78. The third kappa shape index (κ3) is 4.49. The fourth-order valence-electron chi connectivity index (χ4n) is 1.51. The summed E-state index contributed by atoms with van der Waals surface area (Å²) in [7, 11) is 0. The van der Waals surface area contributed by atoms with Gasteiger partial charge in [-0.25, -0.2) is 0 Å². The van der Waals surface area contributed by atoms with Crippen LogP contribution >= 0.6 is 0 Å². The van der Waals surface area contributed by atoms with Crippen LogP contribution in [0.15, 0.2) is 0 Å². The molecule has 0 aromatic carbocycles. The van der Waals surface area contributed by atoms with E-state index in [9.17, 15) is 4.79 Å². The standard InChI is InChI=1S/C12H24N2O2/c1-11(2,3)16-8-7-12(4,10(13)15)14-9-5-6-9/h9,14H,5-8H2,1-4H3,(H2,13,15). The van der Waals surface area contributed by atoms with Gasteiger partial charge in [0.05, 0.1) is 11.1 Å². The van der Waals surface area contributed by atoms with Crippen LogP contribution in [-0.4, -0.2) is 29.7 Å². The van der Waals surface area contributed by atoms with E-state index in [0.717, 1.165) is 12.8 Å². The van der Waals surface area contributed by atoms with E-state index in [1.165, 1.54) is 0 Å². The second-order valence-electron chi connectivity index (χ2n) is 5.83. The van der Waals surface area contributed by atoms with Crippen LogP contribution in [0.2, 0.25) is 0 Å². The summed E-state index contributed by atoms with van der Waals surface area (Å²) in [4.78, 5) is 11.4. The number of nitrogens with one attached hydrogen (secondary N) is 1. The number of hydrogen-bond donors (Lipinski definition) is 2. The molecule has 94 valence electrons. The highest BCUT2D eigenvalue weighted by molar-refractivity contribution is 5.84. The Morgan fingerprint density at radius 3 is 2.31 bits per heavy atom. The summed E-state index contributed by atoms with van der Waals surface area (Å²) >= 11 is 0. The van der Waals surface area contributed by atoms with Crippen LogP contribution in [0.4, 0.5) is 0 Å².